The number of fused-ring (bicyclic) bond motifs is 2. The summed E-state index contributed by atoms with van der Waals surface area (Å²) in [5.74, 6) is -0.234. The van der Waals surface area contributed by atoms with Gasteiger partial charge < -0.3 is 4.42 Å². The molecule has 0 bridgehead atoms. The van der Waals surface area contributed by atoms with Gasteiger partial charge in [-0.15, -0.1) is 11.3 Å². The van der Waals surface area contributed by atoms with Gasteiger partial charge in [0.2, 0.25) is 0 Å². The van der Waals surface area contributed by atoms with Crippen LogP contribution < -0.4 is 10.9 Å². The summed E-state index contributed by atoms with van der Waals surface area (Å²) in [6, 6.07) is 1.93. The second kappa shape index (κ2) is 7.44. The highest BCUT2D eigenvalue weighted by Gasteiger charge is 2.37. The molecule has 2 N–H and O–H groups in total. The van der Waals surface area contributed by atoms with E-state index in [1.54, 1.807) is 6.92 Å². The summed E-state index contributed by atoms with van der Waals surface area (Å²) in [6.07, 6.45) is 6.60. The molecule has 2 aromatic heterocycles. The van der Waals surface area contributed by atoms with E-state index < -0.39 is 5.91 Å². The maximum atomic E-state index is 12.6. The Balaban J connectivity index is 1.45. The number of aryl methyl sites for hydroxylation is 2. The highest BCUT2D eigenvalue weighted by Crippen LogP contribution is 2.38. The second-order valence-corrected chi connectivity index (χ2v) is 9.96. The van der Waals surface area contributed by atoms with Gasteiger partial charge in [0.25, 0.3) is 5.91 Å². The van der Waals surface area contributed by atoms with Crippen molar-refractivity contribution in [3.63, 3.8) is 0 Å². The molecule has 0 aliphatic heterocycles. The van der Waals surface area contributed by atoms with E-state index in [1.807, 2.05) is 19.9 Å². The maximum absolute atomic E-state index is 12.6. The molecule has 0 unspecified atom stereocenters. The molecule has 2 amide bonds. The molecule has 2 heterocycles. The first kappa shape index (κ1) is 19.9. The number of Topliss-reactive ketones (excluding diaryl/α,β-unsaturated/α-hetero) is 1. The first-order valence-electron chi connectivity index (χ1n) is 10.1. The molecule has 2 aliphatic rings. The standard InChI is InChI=1S/C22H26N2O4S/c1-12-18-14(25)10-22(2,3)11-15(18)28-19(12)21(27)24-23-20(26)17-9-13-7-5-4-6-8-16(13)29-17/h9H,4-8,10-11H2,1-3H3,(H,23,26)(H,24,27). The van der Waals surface area contributed by atoms with Gasteiger partial charge in [-0.1, -0.05) is 20.3 Å². The van der Waals surface area contributed by atoms with Crippen LogP contribution in [0.5, 0.6) is 0 Å². The van der Waals surface area contributed by atoms with Crippen LogP contribution in [-0.2, 0) is 19.3 Å². The van der Waals surface area contributed by atoms with Crippen LogP contribution in [0.4, 0.5) is 0 Å². The van der Waals surface area contributed by atoms with Crippen LogP contribution in [0.2, 0.25) is 0 Å². The second-order valence-electron chi connectivity index (χ2n) is 8.82. The average molecular weight is 415 g/mol. The summed E-state index contributed by atoms with van der Waals surface area (Å²) in [5.41, 5.74) is 7.04. The Morgan fingerprint density at radius 2 is 1.79 bits per heavy atom. The number of hydrogen-bond donors (Lipinski definition) is 2. The summed E-state index contributed by atoms with van der Waals surface area (Å²) in [5, 5.41) is 0. The lowest BCUT2D eigenvalue weighted by molar-refractivity contribution is 0.0829. The van der Waals surface area contributed by atoms with Crippen molar-refractivity contribution in [1.29, 1.82) is 0 Å². The molecule has 154 valence electrons. The summed E-state index contributed by atoms with van der Waals surface area (Å²) in [6.45, 7) is 5.73. The van der Waals surface area contributed by atoms with Crippen molar-refractivity contribution >= 4 is 28.9 Å². The zero-order valence-corrected chi connectivity index (χ0v) is 17.9. The molecule has 2 aliphatic carbocycles. The van der Waals surface area contributed by atoms with Crippen molar-refractivity contribution in [2.24, 2.45) is 5.41 Å². The summed E-state index contributed by atoms with van der Waals surface area (Å²) < 4.78 is 5.74. The van der Waals surface area contributed by atoms with Crippen LogP contribution in [0, 0.1) is 12.3 Å². The number of amides is 2. The predicted molar refractivity (Wildman–Crippen MR) is 110 cm³/mol. The van der Waals surface area contributed by atoms with Gasteiger partial charge in [0, 0.05) is 23.3 Å². The number of ketones is 1. The zero-order valence-electron chi connectivity index (χ0n) is 17.1. The highest BCUT2D eigenvalue weighted by molar-refractivity contribution is 7.14. The number of hydrogen-bond acceptors (Lipinski definition) is 5. The Kier molecular flexibility index (Phi) is 5.11. The van der Waals surface area contributed by atoms with Gasteiger partial charge in [0.15, 0.2) is 11.5 Å². The van der Waals surface area contributed by atoms with E-state index in [0.717, 1.165) is 25.7 Å². The summed E-state index contributed by atoms with van der Waals surface area (Å²) in [7, 11) is 0. The fourth-order valence-corrected chi connectivity index (χ4v) is 5.46. The zero-order chi connectivity index (χ0) is 20.8. The largest absolute Gasteiger partial charge is 0.455 e. The first-order chi connectivity index (χ1) is 13.7. The lowest BCUT2D eigenvalue weighted by Gasteiger charge is -2.27. The summed E-state index contributed by atoms with van der Waals surface area (Å²) >= 11 is 1.50. The number of rotatable bonds is 2. The molecule has 0 atom stereocenters. The van der Waals surface area contributed by atoms with Gasteiger partial charge in [-0.2, -0.15) is 0 Å². The molecule has 0 fully saturated rings. The molecule has 7 heteroatoms. The van der Waals surface area contributed by atoms with E-state index in [4.69, 9.17) is 4.42 Å². The molecule has 29 heavy (non-hydrogen) atoms. The van der Waals surface area contributed by atoms with Crippen LogP contribution in [0.1, 0.15) is 91.9 Å². The number of nitrogens with one attached hydrogen (secondary N) is 2. The molecule has 0 spiro atoms. The molecular weight excluding hydrogens is 388 g/mol. The van der Waals surface area contributed by atoms with Crippen molar-refractivity contribution in [3.8, 4) is 0 Å². The molecule has 0 aromatic carbocycles. The third-order valence-electron chi connectivity index (χ3n) is 5.74. The Bertz CT molecular complexity index is 975. The van der Waals surface area contributed by atoms with Crippen LogP contribution in [0.25, 0.3) is 0 Å². The van der Waals surface area contributed by atoms with Gasteiger partial charge >= 0.3 is 5.91 Å². The first-order valence-corrected chi connectivity index (χ1v) is 10.9. The van der Waals surface area contributed by atoms with Crippen molar-refractivity contribution < 1.29 is 18.8 Å². The third-order valence-corrected chi connectivity index (χ3v) is 6.98. The van der Waals surface area contributed by atoms with Gasteiger partial charge in [-0.3, -0.25) is 25.2 Å². The smallest absolute Gasteiger partial charge is 0.305 e. The quantitative estimate of drug-likeness (QED) is 0.571. The number of carbonyl (C=O) groups excluding carboxylic acids is 3. The Morgan fingerprint density at radius 1 is 1.07 bits per heavy atom. The van der Waals surface area contributed by atoms with E-state index in [1.165, 1.54) is 28.2 Å². The normalized spacial score (nSPS) is 17.8. The van der Waals surface area contributed by atoms with E-state index in [2.05, 4.69) is 10.9 Å². The molecule has 0 saturated carbocycles. The fourth-order valence-electron chi connectivity index (χ4n) is 4.31. The lowest BCUT2D eigenvalue weighted by atomic mass is 9.76. The van der Waals surface area contributed by atoms with Crippen LogP contribution in [0.3, 0.4) is 0 Å². The molecule has 0 radical (unpaired) electrons. The number of thiophene rings is 1. The van der Waals surface area contributed by atoms with Crippen molar-refractivity contribution in [3.05, 3.63) is 44.0 Å². The molecule has 6 nitrogen and oxygen atoms in total. The number of hydrazine groups is 1. The van der Waals surface area contributed by atoms with Crippen LogP contribution in [0.15, 0.2) is 10.5 Å². The van der Waals surface area contributed by atoms with Gasteiger partial charge in [-0.05, 0) is 49.7 Å². The van der Waals surface area contributed by atoms with Crippen LogP contribution >= 0.6 is 11.3 Å². The minimum Gasteiger partial charge on any atom is -0.455 e. The predicted octanol–water partition coefficient (Wildman–Crippen LogP) is 4.15. The third kappa shape index (κ3) is 3.88. The SMILES string of the molecule is Cc1c(C(=O)NNC(=O)c2cc3c(s2)CCCCC3)oc2c1C(=O)CC(C)(C)C2. The Morgan fingerprint density at radius 3 is 2.59 bits per heavy atom. The average Bonchev–Trinajstić information content (AvgIpc) is 3.12. The van der Waals surface area contributed by atoms with Crippen LogP contribution in [-0.4, -0.2) is 17.6 Å². The minimum absolute atomic E-state index is 0.000620. The molecular formula is C22H26N2O4S. The van der Waals surface area contributed by atoms with Gasteiger partial charge in [0.05, 0.1) is 10.4 Å². The van der Waals surface area contributed by atoms with Gasteiger partial charge in [-0.25, -0.2) is 0 Å². The van der Waals surface area contributed by atoms with Crippen molar-refractivity contribution in [2.45, 2.75) is 65.7 Å². The van der Waals surface area contributed by atoms with E-state index in [9.17, 15) is 14.4 Å². The topological polar surface area (TPSA) is 88.4 Å². The fraction of sp³-hybridized carbons (Fsp3) is 0.500. The lowest BCUT2D eigenvalue weighted by Crippen LogP contribution is -2.41. The number of carbonyl (C=O) groups is 3. The Labute approximate surface area is 174 Å². The summed E-state index contributed by atoms with van der Waals surface area (Å²) in [4.78, 5) is 39.4. The molecule has 0 saturated heterocycles. The maximum Gasteiger partial charge on any atom is 0.305 e. The minimum atomic E-state index is -0.547. The van der Waals surface area contributed by atoms with Crippen molar-refractivity contribution in [1.82, 2.24) is 10.9 Å². The van der Waals surface area contributed by atoms with E-state index >= 15 is 0 Å². The number of furan rings is 1. The monoisotopic (exact) mass is 414 g/mol. The Hall–Kier alpha value is -2.41. The van der Waals surface area contributed by atoms with E-state index in [0.29, 0.717) is 34.6 Å². The van der Waals surface area contributed by atoms with Gasteiger partial charge in [0.1, 0.15) is 5.76 Å². The van der Waals surface area contributed by atoms with E-state index in [-0.39, 0.29) is 22.9 Å². The molecule has 4 rings (SSSR count). The van der Waals surface area contributed by atoms with Crippen molar-refractivity contribution in [2.75, 3.05) is 0 Å². The highest BCUT2D eigenvalue weighted by atomic mass is 32.1. The molecule has 2 aromatic rings.